The first-order chi connectivity index (χ1) is 15.0. The third kappa shape index (κ3) is 4.32. The number of nitrogens with zero attached hydrogens (tertiary/aromatic N) is 3. The number of hydrogen-bond acceptors (Lipinski definition) is 4. The minimum atomic E-state index is -0.304. The molecule has 160 valence electrons. The van der Waals surface area contributed by atoms with E-state index in [0.29, 0.717) is 54.3 Å². The van der Waals surface area contributed by atoms with E-state index in [0.717, 1.165) is 0 Å². The van der Waals surface area contributed by atoms with Crippen LogP contribution in [0.25, 0.3) is 0 Å². The van der Waals surface area contributed by atoms with E-state index in [9.17, 15) is 19.2 Å². The van der Waals surface area contributed by atoms with Crippen LogP contribution in [-0.4, -0.2) is 71.1 Å². The second kappa shape index (κ2) is 8.89. The minimum Gasteiger partial charge on any atom is -0.339 e. The van der Waals surface area contributed by atoms with Crippen LogP contribution in [0.4, 0.5) is 0 Å². The van der Waals surface area contributed by atoms with Crippen LogP contribution in [0.1, 0.15) is 43.9 Å². The van der Waals surface area contributed by atoms with Gasteiger partial charge < -0.3 is 9.80 Å². The molecular formula is C23H22ClN3O4. The average Bonchev–Trinajstić information content (AvgIpc) is 3.03. The fourth-order valence-corrected chi connectivity index (χ4v) is 4.14. The molecule has 2 heterocycles. The maximum atomic E-state index is 12.6. The summed E-state index contributed by atoms with van der Waals surface area (Å²) in [5.41, 5.74) is 1.37. The van der Waals surface area contributed by atoms with Crippen molar-refractivity contribution in [2.45, 2.75) is 12.8 Å². The van der Waals surface area contributed by atoms with Crippen molar-refractivity contribution in [2.75, 3.05) is 32.7 Å². The predicted octanol–water partition coefficient (Wildman–Crippen LogP) is 2.70. The van der Waals surface area contributed by atoms with E-state index in [2.05, 4.69) is 0 Å². The van der Waals surface area contributed by atoms with E-state index >= 15 is 0 Å². The van der Waals surface area contributed by atoms with Gasteiger partial charge in [0.05, 0.1) is 11.1 Å². The summed E-state index contributed by atoms with van der Waals surface area (Å²) < 4.78 is 0. The summed E-state index contributed by atoms with van der Waals surface area (Å²) in [4.78, 5) is 54.6. The van der Waals surface area contributed by atoms with Crippen molar-refractivity contribution < 1.29 is 19.2 Å². The third-order valence-corrected chi connectivity index (χ3v) is 5.88. The molecule has 0 aliphatic carbocycles. The lowest BCUT2D eigenvalue weighted by atomic mass is 10.1. The van der Waals surface area contributed by atoms with Crippen molar-refractivity contribution in [2.24, 2.45) is 0 Å². The van der Waals surface area contributed by atoms with Crippen LogP contribution >= 0.6 is 11.6 Å². The molecule has 2 aliphatic rings. The first-order valence-electron chi connectivity index (χ1n) is 10.2. The zero-order chi connectivity index (χ0) is 22.0. The van der Waals surface area contributed by atoms with Gasteiger partial charge in [-0.15, -0.1) is 0 Å². The highest BCUT2D eigenvalue weighted by Gasteiger charge is 2.34. The second-order valence-electron chi connectivity index (χ2n) is 7.59. The molecule has 8 heteroatoms. The summed E-state index contributed by atoms with van der Waals surface area (Å²) >= 11 is 5.96. The highest BCUT2D eigenvalue weighted by molar-refractivity contribution is 6.31. The molecule has 1 saturated heterocycles. The Bertz CT molecular complexity index is 1010. The van der Waals surface area contributed by atoms with Gasteiger partial charge in [0.1, 0.15) is 0 Å². The molecule has 0 N–H and O–H groups in total. The van der Waals surface area contributed by atoms with E-state index in [1.165, 1.54) is 4.90 Å². The summed E-state index contributed by atoms with van der Waals surface area (Å²) in [6, 6.07) is 13.6. The maximum Gasteiger partial charge on any atom is 0.261 e. The molecule has 2 aromatic rings. The van der Waals surface area contributed by atoms with Crippen LogP contribution in [0.5, 0.6) is 0 Å². The largest absolute Gasteiger partial charge is 0.339 e. The zero-order valence-corrected chi connectivity index (χ0v) is 17.7. The first kappa shape index (κ1) is 21.1. The molecule has 0 radical (unpaired) electrons. The molecule has 2 aliphatic heterocycles. The van der Waals surface area contributed by atoms with Crippen molar-refractivity contribution >= 4 is 35.2 Å². The third-order valence-electron chi connectivity index (χ3n) is 5.64. The Kier molecular flexibility index (Phi) is 6.04. The molecule has 0 bridgehead atoms. The van der Waals surface area contributed by atoms with Crippen LogP contribution in [0, 0.1) is 0 Å². The SMILES string of the molecule is O=C(CCCN1C(=O)c2ccccc2C1=O)N1CCN(C(=O)c2cccc(Cl)c2)CC1. The standard InChI is InChI=1S/C23H22ClN3O4/c24-17-6-3-5-16(15-17)21(29)26-13-11-25(12-14-26)20(28)9-4-10-27-22(30)18-7-1-2-8-19(18)23(27)31/h1-3,5-8,15H,4,9-14H2. The quantitative estimate of drug-likeness (QED) is 0.671. The van der Waals surface area contributed by atoms with Gasteiger partial charge in [0.25, 0.3) is 17.7 Å². The molecule has 0 aromatic heterocycles. The van der Waals surface area contributed by atoms with Gasteiger partial charge >= 0.3 is 0 Å². The Labute approximate surface area is 185 Å². The molecule has 4 amide bonds. The van der Waals surface area contributed by atoms with Crippen molar-refractivity contribution in [3.8, 4) is 0 Å². The van der Waals surface area contributed by atoms with Gasteiger partial charge in [-0.2, -0.15) is 0 Å². The lowest BCUT2D eigenvalue weighted by molar-refractivity contribution is -0.132. The fourth-order valence-electron chi connectivity index (χ4n) is 3.95. The Morgan fingerprint density at radius 2 is 1.45 bits per heavy atom. The van der Waals surface area contributed by atoms with Crippen LogP contribution in [-0.2, 0) is 4.79 Å². The fraction of sp³-hybridized carbons (Fsp3) is 0.304. The lowest BCUT2D eigenvalue weighted by Gasteiger charge is -2.35. The van der Waals surface area contributed by atoms with Crippen LogP contribution in [0.3, 0.4) is 0 Å². The van der Waals surface area contributed by atoms with E-state index < -0.39 is 0 Å². The minimum absolute atomic E-state index is 0.0357. The molecular weight excluding hydrogens is 418 g/mol. The van der Waals surface area contributed by atoms with E-state index in [1.807, 2.05) is 0 Å². The van der Waals surface area contributed by atoms with E-state index in [-0.39, 0.29) is 36.6 Å². The molecule has 31 heavy (non-hydrogen) atoms. The number of rotatable bonds is 5. The number of halogens is 1. The zero-order valence-electron chi connectivity index (χ0n) is 16.9. The van der Waals surface area contributed by atoms with Crippen molar-refractivity contribution in [3.63, 3.8) is 0 Å². The van der Waals surface area contributed by atoms with Crippen LogP contribution in [0.2, 0.25) is 5.02 Å². The molecule has 2 aromatic carbocycles. The van der Waals surface area contributed by atoms with Crippen LogP contribution in [0.15, 0.2) is 48.5 Å². The summed E-state index contributed by atoms with van der Waals surface area (Å²) in [6.07, 6.45) is 0.654. The van der Waals surface area contributed by atoms with Gasteiger partial charge in [-0.25, -0.2) is 0 Å². The number of amides is 4. The summed E-state index contributed by atoms with van der Waals surface area (Å²) in [5.74, 6) is -0.742. The van der Waals surface area contributed by atoms with Gasteiger partial charge in [-0.3, -0.25) is 24.1 Å². The van der Waals surface area contributed by atoms with Crippen molar-refractivity contribution in [1.82, 2.24) is 14.7 Å². The number of imide groups is 1. The van der Waals surface area contributed by atoms with Crippen LogP contribution < -0.4 is 0 Å². The predicted molar refractivity (Wildman–Crippen MR) is 115 cm³/mol. The number of benzene rings is 2. The van der Waals surface area contributed by atoms with Gasteiger partial charge in [-0.1, -0.05) is 29.8 Å². The summed E-state index contributed by atoms with van der Waals surface area (Å²) in [7, 11) is 0. The normalized spacial score (nSPS) is 16.0. The highest BCUT2D eigenvalue weighted by Crippen LogP contribution is 2.23. The van der Waals surface area contributed by atoms with Gasteiger partial charge in [0, 0.05) is 49.7 Å². The Morgan fingerprint density at radius 1 is 0.839 bits per heavy atom. The van der Waals surface area contributed by atoms with Gasteiger partial charge in [0.2, 0.25) is 5.91 Å². The number of carbonyl (C=O) groups excluding carboxylic acids is 4. The number of fused-ring (bicyclic) bond motifs is 1. The molecule has 4 rings (SSSR count). The van der Waals surface area contributed by atoms with Gasteiger partial charge in [0.15, 0.2) is 0 Å². The smallest absolute Gasteiger partial charge is 0.261 e. The second-order valence-corrected chi connectivity index (χ2v) is 8.03. The highest BCUT2D eigenvalue weighted by atomic mass is 35.5. The number of carbonyl (C=O) groups is 4. The van der Waals surface area contributed by atoms with E-state index in [4.69, 9.17) is 11.6 Å². The molecule has 0 unspecified atom stereocenters. The molecule has 0 saturated carbocycles. The lowest BCUT2D eigenvalue weighted by Crippen LogP contribution is -2.50. The van der Waals surface area contributed by atoms with Crippen molar-refractivity contribution in [3.05, 3.63) is 70.2 Å². The van der Waals surface area contributed by atoms with Gasteiger partial charge in [-0.05, 0) is 36.8 Å². The first-order valence-corrected chi connectivity index (χ1v) is 10.6. The monoisotopic (exact) mass is 439 g/mol. The Morgan fingerprint density at radius 3 is 2.06 bits per heavy atom. The summed E-state index contributed by atoms with van der Waals surface area (Å²) in [6.45, 7) is 2.03. The number of piperazine rings is 1. The van der Waals surface area contributed by atoms with Crippen molar-refractivity contribution in [1.29, 1.82) is 0 Å². The molecule has 0 atom stereocenters. The molecule has 0 spiro atoms. The average molecular weight is 440 g/mol. The number of hydrogen-bond donors (Lipinski definition) is 0. The Balaban J connectivity index is 1.24. The molecule has 7 nitrogen and oxygen atoms in total. The van der Waals surface area contributed by atoms with E-state index in [1.54, 1.807) is 58.3 Å². The summed E-state index contributed by atoms with van der Waals surface area (Å²) in [5, 5.41) is 0.512. The maximum absolute atomic E-state index is 12.6. The molecule has 1 fully saturated rings. The topological polar surface area (TPSA) is 78.0 Å². The Hall–Kier alpha value is -3.19.